The van der Waals surface area contributed by atoms with Crippen LogP contribution in [0.3, 0.4) is 0 Å². The zero-order chi connectivity index (χ0) is 9.84. The SMILES string of the molecule is CC(N)C(C)Cc1ccccc1Br. The van der Waals surface area contributed by atoms with Gasteiger partial charge in [0.1, 0.15) is 0 Å². The molecular formula is C11H16BrN. The van der Waals surface area contributed by atoms with Crippen LogP contribution < -0.4 is 5.73 Å². The Labute approximate surface area is 88.5 Å². The minimum atomic E-state index is 0.257. The van der Waals surface area contributed by atoms with E-state index in [0.29, 0.717) is 5.92 Å². The average molecular weight is 242 g/mol. The molecule has 1 aromatic carbocycles. The molecule has 2 heteroatoms. The Morgan fingerprint density at radius 2 is 1.92 bits per heavy atom. The first-order chi connectivity index (χ1) is 6.11. The molecule has 1 rings (SSSR count). The van der Waals surface area contributed by atoms with E-state index < -0.39 is 0 Å². The molecule has 0 spiro atoms. The van der Waals surface area contributed by atoms with E-state index in [2.05, 4.69) is 48.0 Å². The van der Waals surface area contributed by atoms with Crippen molar-refractivity contribution in [1.82, 2.24) is 0 Å². The fourth-order valence-electron chi connectivity index (χ4n) is 1.20. The largest absolute Gasteiger partial charge is 0.328 e. The van der Waals surface area contributed by atoms with Crippen molar-refractivity contribution in [2.45, 2.75) is 26.3 Å². The van der Waals surface area contributed by atoms with Crippen molar-refractivity contribution in [2.24, 2.45) is 11.7 Å². The highest BCUT2D eigenvalue weighted by Gasteiger charge is 2.09. The fourth-order valence-corrected chi connectivity index (χ4v) is 1.64. The number of rotatable bonds is 3. The van der Waals surface area contributed by atoms with Gasteiger partial charge in [0.25, 0.3) is 0 Å². The first-order valence-corrected chi connectivity index (χ1v) is 5.39. The summed E-state index contributed by atoms with van der Waals surface area (Å²) in [5.74, 6) is 0.527. The van der Waals surface area contributed by atoms with Gasteiger partial charge < -0.3 is 5.73 Å². The summed E-state index contributed by atoms with van der Waals surface area (Å²) in [5.41, 5.74) is 7.16. The Hall–Kier alpha value is -0.340. The van der Waals surface area contributed by atoms with E-state index in [9.17, 15) is 0 Å². The second-order valence-corrected chi connectivity index (χ2v) is 4.49. The highest BCUT2D eigenvalue weighted by atomic mass is 79.9. The minimum Gasteiger partial charge on any atom is -0.328 e. The number of hydrogen-bond donors (Lipinski definition) is 1. The molecule has 0 heterocycles. The monoisotopic (exact) mass is 241 g/mol. The van der Waals surface area contributed by atoms with Crippen LogP contribution in [0.2, 0.25) is 0 Å². The quantitative estimate of drug-likeness (QED) is 0.866. The fraction of sp³-hybridized carbons (Fsp3) is 0.455. The number of hydrogen-bond acceptors (Lipinski definition) is 1. The summed E-state index contributed by atoms with van der Waals surface area (Å²) in [4.78, 5) is 0. The number of halogens is 1. The van der Waals surface area contributed by atoms with Gasteiger partial charge in [-0.05, 0) is 30.9 Å². The summed E-state index contributed by atoms with van der Waals surface area (Å²) in [6.07, 6.45) is 1.04. The van der Waals surface area contributed by atoms with Crippen LogP contribution in [0.5, 0.6) is 0 Å². The lowest BCUT2D eigenvalue weighted by molar-refractivity contribution is 0.481. The van der Waals surface area contributed by atoms with Crippen LogP contribution >= 0.6 is 15.9 Å². The Balaban J connectivity index is 2.69. The second kappa shape index (κ2) is 4.77. The molecule has 72 valence electrons. The zero-order valence-electron chi connectivity index (χ0n) is 8.13. The lowest BCUT2D eigenvalue weighted by atomic mass is 9.96. The lowest BCUT2D eigenvalue weighted by Crippen LogP contribution is -2.25. The third kappa shape index (κ3) is 3.12. The molecule has 13 heavy (non-hydrogen) atoms. The molecule has 0 aliphatic heterocycles. The Kier molecular flexibility index (Phi) is 3.94. The van der Waals surface area contributed by atoms with E-state index in [1.165, 1.54) is 10.0 Å². The second-order valence-electron chi connectivity index (χ2n) is 3.63. The Bertz CT molecular complexity index is 271. The van der Waals surface area contributed by atoms with Gasteiger partial charge in [-0.25, -0.2) is 0 Å². The molecule has 0 fully saturated rings. The first kappa shape index (κ1) is 10.7. The molecule has 0 amide bonds. The van der Waals surface area contributed by atoms with Gasteiger partial charge in [0, 0.05) is 10.5 Å². The predicted octanol–water partition coefficient (Wildman–Crippen LogP) is 2.97. The van der Waals surface area contributed by atoms with Crippen molar-refractivity contribution >= 4 is 15.9 Å². The highest BCUT2D eigenvalue weighted by molar-refractivity contribution is 9.10. The van der Waals surface area contributed by atoms with Crippen molar-refractivity contribution in [1.29, 1.82) is 0 Å². The van der Waals surface area contributed by atoms with Crippen LogP contribution in [-0.2, 0) is 6.42 Å². The van der Waals surface area contributed by atoms with Gasteiger partial charge >= 0.3 is 0 Å². The summed E-state index contributed by atoms with van der Waals surface area (Å²) >= 11 is 3.53. The van der Waals surface area contributed by atoms with E-state index >= 15 is 0 Å². The number of benzene rings is 1. The number of nitrogens with two attached hydrogens (primary N) is 1. The molecule has 0 aliphatic carbocycles. The molecule has 2 atom stereocenters. The van der Waals surface area contributed by atoms with E-state index in [4.69, 9.17) is 5.73 Å². The maximum Gasteiger partial charge on any atom is 0.0207 e. The van der Waals surface area contributed by atoms with Crippen molar-refractivity contribution in [3.05, 3.63) is 34.3 Å². The lowest BCUT2D eigenvalue weighted by Gasteiger charge is -2.16. The highest BCUT2D eigenvalue weighted by Crippen LogP contribution is 2.20. The van der Waals surface area contributed by atoms with Gasteiger partial charge in [0.05, 0.1) is 0 Å². The summed E-state index contributed by atoms with van der Waals surface area (Å²) < 4.78 is 1.18. The van der Waals surface area contributed by atoms with E-state index in [1.54, 1.807) is 0 Å². The summed E-state index contributed by atoms with van der Waals surface area (Å²) in [5, 5.41) is 0. The van der Waals surface area contributed by atoms with Gasteiger partial charge in [-0.15, -0.1) is 0 Å². The molecule has 0 aliphatic rings. The van der Waals surface area contributed by atoms with Crippen molar-refractivity contribution in [3.8, 4) is 0 Å². The van der Waals surface area contributed by atoms with E-state index in [-0.39, 0.29) is 6.04 Å². The average Bonchev–Trinajstić information content (AvgIpc) is 2.08. The molecule has 0 radical (unpaired) electrons. The third-order valence-electron chi connectivity index (χ3n) is 2.40. The van der Waals surface area contributed by atoms with Crippen LogP contribution in [0.25, 0.3) is 0 Å². The summed E-state index contributed by atoms with van der Waals surface area (Å²) in [7, 11) is 0. The van der Waals surface area contributed by atoms with Crippen molar-refractivity contribution < 1.29 is 0 Å². The smallest absolute Gasteiger partial charge is 0.0207 e. The normalized spacial score (nSPS) is 15.4. The van der Waals surface area contributed by atoms with E-state index in [0.717, 1.165) is 6.42 Å². The van der Waals surface area contributed by atoms with E-state index in [1.807, 2.05) is 6.07 Å². The standard InChI is InChI=1S/C11H16BrN/c1-8(9(2)13)7-10-5-3-4-6-11(10)12/h3-6,8-9H,7,13H2,1-2H3. The molecule has 1 aromatic rings. The molecule has 2 unspecified atom stereocenters. The van der Waals surface area contributed by atoms with Crippen LogP contribution in [0.15, 0.2) is 28.7 Å². The van der Waals surface area contributed by atoms with Crippen LogP contribution in [-0.4, -0.2) is 6.04 Å². The molecular weight excluding hydrogens is 226 g/mol. The van der Waals surface area contributed by atoms with Gasteiger partial charge in [-0.3, -0.25) is 0 Å². The van der Waals surface area contributed by atoms with Gasteiger partial charge in [-0.2, -0.15) is 0 Å². The molecule has 2 N–H and O–H groups in total. The van der Waals surface area contributed by atoms with Crippen molar-refractivity contribution in [2.75, 3.05) is 0 Å². The topological polar surface area (TPSA) is 26.0 Å². The maximum absolute atomic E-state index is 5.82. The summed E-state index contributed by atoms with van der Waals surface area (Å²) in [6.45, 7) is 4.24. The third-order valence-corrected chi connectivity index (χ3v) is 3.17. The van der Waals surface area contributed by atoms with Gasteiger partial charge in [0.2, 0.25) is 0 Å². The minimum absolute atomic E-state index is 0.257. The van der Waals surface area contributed by atoms with Crippen LogP contribution in [0.4, 0.5) is 0 Å². The van der Waals surface area contributed by atoms with Gasteiger partial charge in [0.15, 0.2) is 0 Å². The van der Waals surface area contributed by atoms with Crippen molar-refractivity contribution in [3.63, 3.8) is 0 Å². The Morgan fingerprint density at radius 3 is 2.46 bits per heavy atom. The molecule has 0 bridgehead atoms. The maximum atomic E-state index is 5.82. The summed E-state index contributed by atoms with van der Waals surface area (Å²) in [6, 6.07) is 8.57. The zero-order valence-corrected chi connectivity index (χ0v) is 9.71. The molecule has 0 aromatic heterocycles. The molecule has 0 saturated carbocycles. The molecule has 0 saturated heterocycles. The predicted molar refractivity (Wildman–Crippen MR) is 60.7 cm³/mol. The van der Waals surface area contributed by atoms with Crippen LogP contribution in [0, 0.1) is 5.92 Å². The van der Waals surface area contributed by atoms with Gasteiger partial charge in [-0.1, -0.05) is 41.1 Å². The first-order valence-electron chi connectivity index (χ1n) is 4.60. The van der Waals surface area contributed by atoms with Crippen LogP contribution in [0.1, 0.15) is 19.4 Å². The molecule has 1 nitrogen and oxygen atoms in total. The Morgan fingerprint density at radius 1 is 1.31 bits per heavy atom.